The highest BCUT2D eigenvalue weighted by Gasteiger charge is 2.46. The molecular weight excluding hydrogens is 417 g/mol. The molecule has 0 spiro atoms. The zero-order valence-electron chi connectivity index (χ0n) is 18.5. The lowest BCUT2D eigenvalue weighted by Crippen LogP contribution is -2.49. The van der Waals surface area contributed by atoms with Crippen LogP contribution in [0.1, 0.15) is 49.8 Å². The van der Waals surface area contributed by atoms with E-state index in [1.807, 2.05) is 32.9 Å². The van der Waals surface area contributed by atoms with Crippen LogP contribution in [0.3, 0.4) is 0 Å². The number of carbonyl (C=O) groups excluding carboxylic acids is 1. The minimum absolute atomic E-state index is 0.0725. The molecule has 0 saturated carbocycles. The molecule has 0 N–H and O–H groups in total. The van der Waals surface area contributed by atoms with E-state index < -0.39 is 17.3 Å². The number of benzene rings is 2. The lowest BCUT2D eigenvalue weighted by molar-refractivity contribution is -0.137. The average molecular weight is 444 g/mol. The molecule has 1 fully saturated rings. The van der Waals surface area contributed by atoms with Crippen LogP contribution in [-0.4, -0.2) is 42.3 Å². The van der Waals surface area contributed by atoms with Gasteiger partial charge in [0.2, 0.25) is 0 Å². The first kappa shape index (κ1) is 21.2. The SMILES string of the molecule is CC(C)(C)OC(=O)N1CC[C@@H]2[C@H](C1)c1cc(-c3ccccc3C(F)(F)F)cc3c1N2CC3. The van der Waals surface area contributed by atoms with E-state index in [1.165, 1.54) is 11.8 Å². The summed E-state index contributed by atoms with van der Waals surface area (Å²) in [6, 6.07) is 9.88. The Labute approximate surface area is 186 Å². The van der Waals surface area contributed by atoms with Crippen molar-refractivity contribution in [3.05, 3.63) is 53.1 Å². The van der Waals surface area contributed by atoms with E-state index in [1.54, 1.807) is 17.0 Å². The molecule has 0 unspecified atom stereocenters. The second-order valence-corrected chi connectivity index (χ2v) is 9.95. The number of piperidine rings is 1. The maximum atomic E-state index is 13.7. The molecule has 1 amide bonds. The number of fused-ring (bicyclic) bond motifs is 3. The number of halogens is 3. The predicted molar refractivity (Wildman–Crippen MR) is 117 cm³/mol. The third-order valence-electron chi connectivity index (χ3n) is 6.70. The number of hydrogen-bond acceptors (Lipinski definition) is 3. The summed E-state index contributed by atoms with van der Waals surface area (Å²) in [7, 11) is 0. The average Bonchev–Trinajstić information content (AvgIpc) is 3.28. The number of likely N-dealkylation sites (tertiary alicyclic amines) is 1. The molecule has 170 valence electrons. The van der Waals surface area contributed by atoms with Crippen molar-refractivity contribution < 1.29 is 22.7 Å². The van der Waals surface area contributed by atoms with E-state index in [2.05, 4.69) is 4.90 Å². The van der Waals surface area contributed by atoms with Gasteiger partial charge in [-0.25, -0.2) is 4.79 Å². The predicted octanol–water partition coefficient (Wildman–Crippen LogP) is 5.84. The van der Waals surface area contributed by atoms with E-state index in [-0.39, 0.29) is 23.6 Å². The van der Waals surface area contributed by atoms with Crippen LogP contribution in [-0.2, 0) is 17.3 Å². The largest absolute Gasteiger partial charge is 0.444 e. The zero-order chi connectivity index (χ0) is 22.8. The summed E-state index contributed by atoms with van der Waals surface area (Å²) in [5.41, 5.74) is 2.96. The molecule has 0 aromatic heterocycles. The topological polar surface area (TPSA) is 32.8 Å². The molecular formula is C25H27F3N2O2. The van der Waals surface area contributed by atoms with Gasteiger partial charge in [0.1, 0.15) is 5.60 Å². The number of alkyl halides is 3. The van der Waals surface area contributed by atoms with Crippen molar-refractivity contribution in [2.24, 2.45) is 0 Å². The lowest BCUT2D eigenvalue weighted by atomic mass is 9.85. The smallest absolute Gasteiger partial charge is 0.417 e. The van der Waals surface area contributed by atoms with E-state index >= 15 is 0 Å². The van der Waals surface area contributed by atoms with E-state index in [0.29, 0.717) is 18.7 Å². The minimum atomic E-state index is -4.41. The minimum Gasteiger partial charge on any atom is -0.444 e. The molecule has 2 aromatic carbocycles. The van der Waals surface area contributed by atoms with Gasteiger partial charge in [-0.15, -0.1) is 0 Å². The standard InChI is InChI=1S/C25H27F3N2O2/c1-24(2,3)32-23(31)29-10-9-21-19(14-29)18-13-16(12-15-8-11-30(21)22(15)18)17-6-4-5-7-20(17)25(26,27)28/h4-7,12-13,19,21H,8-11,14H2,1-3H3/t19-,21-/m1/s1. The van der Waals surface area contributed by atoms with Crippen LogP contribution in [0.15, 0.2) is 36.4 Å². The maximum Gasteiger partial charge on any atom is 0.417 e. The Morgan fingerprint density at radius 1 is 1.09 bits per heavy atom. The first-order valence-corrected chi connectivity index (χ1v) is 11.1. The Morgan fingerprint density at radius 2 is 1.84 bits per heavy atom. The van der Waals surface area contributed by atoms with E-state index in [9.17, 15) is 18.0 Å². The highest BCUT2D eigenvalue weighted by molar-refractivity contribution is 5.79. The van der Waals surface area contributed by atoms with Crippen molar-refractivity contribution in [2.75, 3.05) is 24.5 Å². The van der Waals surface area contributed by atoms with Gasteiger partial charge < -0.3 is 14.5 Å². The van der Waals surface area contributed by atoms with Crippen molar-refractivity contribution in [2.45, 2.75) is 57.3 Å². The Hall–Kier alpha value is -2.70. The van der Waals surface area contributed by atoms with Gasteiger partial charge in [-0.3, -0.25) is 0 Å². The summed E-state index contributed by atoms with van der Waals surface area (Å²) in [5, 5.41) is 0. The van der Waals surface area contributed by atoms with Crippen molar-refractivity contribution in [1.29, 1.82) is 0 Å². The van der Waals surface area contributed by atoms with Crippen LogP contribution >= 0.6 is 0 Å². The second kappa shape index (κ2) is 7.15. The first-order chi connectivity index (χ1) is 15.0. The third kappa shape index (κ3) is 3.51. The van der Waals surface area contributed by atoms with Gasteiger partial charge >= 0.3 is 12.3 Å². The summed E-state index contributed by atoms with van der Waals surface area (Å²) >= 11 is 0. The van der Waals surface area contributed by atoms with Gasteiger partial charge in [-0.2, -0.15) is 13.2 Å². The van der Waals surface area contributed by atoms with Crippen molar-refractivity contribution in [3.8, 4) is 11.1 Å². The van der Waals surface area contributed by atoms with Crippen molar-refractivity contribution >= 4 is 11.8 Å². The number of rotatable bonds is 1. The fourth-order valence-electron chi connectivity index (χ4n) is 5.48. The number of nitrogens with zero attached hydrogens (tertiary/aromatic N) is 2. The van der Waals surface area contributed by atoms with Crippen molar-refractivity contribution in [3.63, 3.8) is 0 Å². The van der Waals surface area contributed by atoms with Crippen LogP contribution in [0.4, 0.5) is 23.7 Å². The fourth-order valence-corrected chi connectivity index (χ4v) is 5.48. The number of hydrogen-bond donors (Lipinski definition) is 0. The summed E-state index contributed by atoms with van der Waals surface area (Å²) in [6.45, 7) is 7.56. The number of anilines is 1. The van der Waals surface area contributed by atoms with Crippen LogP contribution in [0, 0.1) is 0 Å². The molecule has 2 atom stereocenters. The lowest BCUT2D eigenvalue weighted by Gasteiger charge is -2.38. The number of amides is 1. The summed E-state index contributed by atoms with van der Waals surface area (Å²) < 4.78 is 46.6. The Morgan fingerprint density at radius 3 is 2.56 bits per heavy atom. The van der Waals surface area contributed by atoms with Crippen LogP contribution < -0.4 is 4.90 Å². The van der Waals surface area contributed by atoms with Crippen LogP contribution in [0.25, 0.3) is 11.1 Å². The highest BCUT2D eigenvalue weighted by atomic mass is 19.4. The Balaban J connectivity index is 1.53. The molecule has 1 saturated heterocycles. The van der Waals surface area contributed by atoms with Gasteiger partial charge in [0, 0.05) is 37.3 Å². The molecule has 4 nitrogen and oxygen atoms in total. The first-order valence-electron chi connectivity index (χ1n) is 11.1. The third-order valence-corrected chi connectivity index (χ3v) is 6.70. The van der Waals surface area contributed by atoms with Crippen LogP contribution in [0.2, 0.25) is 0 Å². The molecule has 2 aromatic rings. The molecule has 7 heteroatoms. The molecule has 3 heterocycles. The zero-order valence-corrected chi connectivity index (χ0v) is 18.5. The monoisotopic (exact) mass is 444 g/mol. The second-order valence-electron chi connectivity index (χ2n) is 9.95. The van der Waals surface area contributed by atoms with Gasteiger partial charge in [-0.05, 0) is 74.1 Å². The van der Waals surface area contributed by atoms with Gasteiger partial charge in [0.05, 0.1) is 5.56 Å². The summed E-state index contributed by atoms with van der Waals surface area (Å²) in [4.78, 5) is 16.8. The number of carbonyl (C=O) groups is 1. The Bertz CT molecular complexity index is 1070. The fraction of sp³-hybridized carbons (Fsp3) is 0.480. The summed E-state index contributed by atoms with van der Waals surface area (Å²) in [6.07, 6.45) is -3.08. The molecule has 3 aliphatic heterocycles. The van der Waals surface area contributed by atoms with Crippen LogP contribution in [0.5, 0.6) is 0 Å². The molecule has 3 aliphatic rings. The van der Waals surface area contributed by atoms with Gasteiger partial charge in [0.25, 0.3) is 0 Å². The Kier molecular flexibility index (Phi) is 4.73. The van der Waals surface area contributed by atoms with E-state index in [0.717, 1.165) is 36.6 Å². The molecule has 0 aliphatic carbocycles. The number of ether oxygens (including phenoxy) is 1. The van der Waals surface area contributed by atoms with Gasteiger partial charge in [-0.1, -0.05) is 18.2 Å². The quantitative estimate of drug-likeness (QED) is 0.554. The highest BCUT2D eigenvalue weighted by Crippen LogP contribution is 2.51. The van der Waals surface area contributed by atoms with Gasteiger partial charge in [0.15, 0.2) is 0 Å². The molecule has 32 heavy (non-hydrogen) atoms. The van der Waals surface area contributed by atoms with Crippen molar-refractivity contribution in [1.82, 2.24) is 4.90 Å². The maximum absolute atomic E-state index is 13.7. The molecule has 0 bridgehead atoms. The molecule has 0 radical (unpaired) electrons. The summed E-state index contributed by atoms with van der Waals surface area (Å²) in [5.74, 6) is 0.0725. The van der Waals surface area contributed by atoms with E-state index in [4.69, 9.17) is 4.74 Å². The molecule has 5 rings (SSSR count). The normalized spacial score (nSPS) is 22.1.